The van der Waals surface area contributed by atoms with Gasteiger partial charge < -0.3 is 0 Å². The Morgan fingerprint density at radius 3 is 2.29 bits per heavy atom. The van der Waals surface area contributed by atoms with Crippen LogP contribution in [0.15, 0.2) is 5.57 Å². The molecule has 34 valence electrons. The molecule has 2 heteroatoms. The largest absolute Gasteiger partial charge is 0 e. The minimum atomic E-state index is 0. The van der Waals surface area contributed by atoms with Gasteiger partial charge in [-0.3, -0.25) is 0 Å². The van der Waals surface area contributed by atoms with Gasteiger partial charge in [0.15, 0.2) is 0 Å². The van der Waals surface area contributed by atoms with Gasteiger partial charge >= 0.3 is 46.2 Å². The average Bonchev–Trinajstić information content (AvgIpc) is 2.06. The van der Waals surface area contributed by atoms with E-state index in [2.05, 4.69) is 30.0 Å². The van der Waals surface area contributed by atoms with E-state index in [9.17, 15) is 0 Å². The van der Waals surface area contributed by atoms with Crippen LogP contribution in [0.2, 0.25) is 0 Å². The van der Waals surface area contributed by atoms with Crippen LogP contribution in [0.5, 0.6) is 0 Å². The van der Waals surface area contributed by atoms with Crippen LogP contribution in [0, 0.1) is 13.0 Å². The van der Waals surface area contributed by atoms with Gasteiger partial charge in [-0.2, -0.15) is 0 Å². The van der Waals surface area contributed by atoms with E-state index in [1.807, 2.05) is 0 Å². The van der Waals surface area contributed by atoms with Crippen molar-refractivity contribution in [1.29, 1.82) is 0 Å². The quantitative estimate of drug-likeness (QED) is 0.550. The van der Waals surface area contributed by atoms with Crippen molar-refractivity contribution in [3.05, 3.63) is 18.6 Å². The average molecular weight is 204 g/mol. The summed E-state index contributed by atoms with van der Waals surface area (Å²) in [5.41, 5.74) is 1.29. The van der Waals surface area contributed by atoms with Crippen LogP contribution in [0.4, 0.5) is 0 Å². The predicted molar refractivity (Wildman–Crippen MR) is 21.7 cm³/mol. The van der Waals surface area contributed by atoms with E-state index in [0.29, 0.717) is 0 Å². The second kappa shape index (κ2) is 3.35. The Bertz CT molecular complexity index is 115. The Labute approximate surface area is 78.1 Å². The number of hydrogen-bond acceptors (Lipinski definition) is 0. The molecule has 0 nitrogen and oxygen atoms in total. The summed E-state index contributed by atoms with van der Waals surface area (Å²) in [5, 5.41) is 0. The molecule has 0 saturated heterocycles. The van der Waals surface area contributed by atoms with Crippen molar-refractivity contribution in [2.24, 2.45) is 0 Å². The van der Waals surface area contributed by atoms with Gasteiger partial charge in [0.25, 0.3) is 0 Å². The summed E-state index contributed by atoms with van der Waals surface area (Å²) in [6, 6.07) is 0. The summed E-state index contributed by atoms with van der Waals surface area (Å²) in [5.74, 6) is 0. The van der Waals surface area contributed by atoms with Gasteiger partial charge in [-0.1, -0.05) is 0 Å². The molecular formula is C5H4VY-2. The van der Waals surface area contributed by atoms with E-state index < -0.39 is 0 Å². The van der Waals surface area contributed by atoms with E-state index >= 15 is 0 Å². The van der Waals surface area contributed by atoms with Gasteiger partial charge in [-0.15, -0.1) is 0 Å². The zero-order valence-corrected chi connectivity index (χ0v) is 8.17. The molecule has 0 N–H and O–H groups in total. The molecule has 1 radical (unpaired) electrons. The molecule has 0 heterocycles. The molecule has 0 spiro atoms. The van der Waals surface area contributed by atoms with Gasteiger partial charge in [-0.05, 0) is 0 Å². The number of allylic oxidation sites excluding steroid dienone is 2. The third-order valence-corrected chi connectivity index (χ3v) is 1.12. The fraction of sp³-hybridized carbons (Fsp3) is 0.200. The van der Waals surface area contributed by atoms with Crippen LogP contribution in [-0.2, 0) is 49.7 Å². The molecule has 1 rings (SSSR count). The predicted octanol–water partition coefficient (Wildman–Crippen LogP) is 0.670. The monoisotopic (exact) mass is 204 g/mol. The number of rotatable bonds is 1. The first-order valence-corrected chi connectivity index (χ1v) is 2.48. The maximum atomic E-state index is 3.69. The summed E-state index contributed by atoms with van der Waals surface area (Å²) in [6.07, 6.45) is 4.08. The normalized spacial score (nSPS) is 14.0. The van der Waals surface area contributed by atoms with Crippen molar-refractivity contribution in [1.82, 2.24) is 0 Å². The minimum Gasteiger partial charge on any atom is 0 e. The molecular weight excluding hydrogens is 200 g/mol. The molecule has 0 aromatic rings. The van der Waals surface area contributed by atoms with E-state index in [1.165, 1.54) is 5.57 Å². The molecule has 0 aromatic carbocycles. The maximum Gasteiger partial charge on any atom is 0 e. The van der Waals surface area contributed by atoms with Crippen LogP contribution in [0.1, 0.15) is 6.42 Å². The molecule has 0 aromatic heterocycles. The Balaban J connectivity index is 0.000000360. The van der Waals surface area contributed by atoms with Gasteiger partial charge in [0.1, 0.15) is 0 Å². The van der Waals surface area contributed by atoms with Crippen LogP contribution in [-0.4, -0.2) is 4.23 Å². The van der Waals surface area contributed by atoms with Crippen LogP contribution in [0.3, 0.4) is 0 Å². The molecule has 1 aliphatic carbocycles. The van der Waals surface area contributed by atoms with Crippen LogP contribution in [0.25, 0.3) is 0 Å². The second-order valence-corrected chi connectivity index (χ2v) is 2.12. The Morgan fingerprint density at radius 1 is 1.86 bits per heavy atom. The van der Waals surface area contributed by atoms with Crippen LogP contribution >= 0.6 is 0 Å². The van der Waals surface area contributed by atoms with Gasteiger partial charge in [-0.25, -0.2) is 0 Å². The first kappa shape index (κ1) is 8.30. The summed E-state index contributed by atoms with van der Waals surface area (Å²) < 4.78 is 1.11. The van der Waals surface area contributed by atoms with Crippen molar-refractivity contribution < 1.29 is 49.7 Å². The van der Waals surface area contributed by atoms with E-state index in [4.69, 9.17) is 0 Å². The van der Waals surface area contributed by atoms with Crippen molar-refractivity contribution in [2.45, 2.75) is 6.42 Å². The zero-order valence-electron chi connectivity index (χ0n) is 3.94. The first-order valence-electron chi connectivity index (χ1n) is 1.78. The third-order valence-electron chi connectivity index (χ3n) is 0.702. The SMILES string of the molecule is [CH2-][C](=[V])C1=[C-]C1.[Y]. The Hall–Kier alpha value is 1.30. The zero-order chi connectivity index (χ0) is 4.57. The third kappa shape index (κ3) is 2.98. The summed E-state index contributed by atoms with van der Waals surface area (Å²) in [7, 11) is 0. The molecule has 0 aliphatic heterocycles. The maximum absolute atomic E-state index is 3.69. The molecule has 1 aliphatic rings. The second-order valence-electron chi connectivity index (χ2n) is 1.28. The fourth-order valence-corrected chi connectivity index (χ4v) is 0.495. The summed E-state index contributed by atoms with van der Waals surface area (Å²) in [6.45, 7) is 3.69. The topological polar surface area (TPSA) is 0 Å². The molecule has 0 unspecified atom stereocenters. The number of hydrogen-bond donors (Lipinski definition) is 0. The molecule has 0 bridgehead atoms. The summed E-state index contributed by atoms with van der Waals surface area (Å²) >= 11 is 2.41. The smallest absolute Gasteiger partial charge is 0 e. The van der Waals surface area contributed by atoms with Crippen molar-refractivity contribution in [3.63, 3.8) is 0 Å². The molecule has 0 atom stereocenters. The van der Waals surface area contributed by atoms with Crippen LogP contribution < -0.4 is 0 Å². The van der Waals surface area contributed by atoms with E-state index in [0.717, 1.165) is 10.6 Å². The summed E-state index contributed by atoms with van der Waals surface area (Å²) in [4.78, 5) is 0. The molecule has 0 fully saturated rings. The molecule has 0 saturated carbocycles. The molecule has 0 amide bonds. The van der Waals surface area contributed by atoms with Gasteiger partial charge in [0.05, 0.1) is 0 Å². The first-order chi connectivity index (χ1) is 2.80. The van der Waals surface area contributed by atoms with Crippen molar-refractivity contribution in [3.8, 4) is 0 Å². The Morgan fingerprint density at radius 2 is 2.29 bits per heavy atom. The van der Waals surface area contributed by atoms with Crippen molar-refractivity contribution in [2.75, 3.05) is 0 Å². The standard InChI is InChI=1S/C5H4.V.Y/c1-2-5-3-4-5;;/h1,3H2;;/q-2;;. The van der Waals surface area contributed by atoms with Crippen molar-refractivity contribution >= 4 is 4.23 Å². The van der Waals surface area contributed by atoms with E-state index in [-0.39, 0.29) is 32.7 Å². The Kier molecular flexibility index (Phi) is 3.97. The van der Waals surface area contributed by atoms with Gasteiger partial charge in [0.2, 0.25) is 0 Å². The van der Waals surface area contributed by atoms with Gasteiger partial charge in [0, 0.05) is 32.7 Å². The minimum absolute atomic E-state index is 0. The fourth-order valence-electron chi connectivity index (χ4n) is 0.248. The molecule has 7 heavy (non-hydrogen) atoms. The van der Waals surface area contributed by atoms with E-state index in [1.54, 1.807) is 0 Å².